The molecule has 0 N–H and O–H groups in total. The van der Waals surface area contributed by atoms with E-state index in [1.54, 1.807) is 11.0 Å². The number of carbonyl (C=O) groups excluding carboxylic acids is 1. The predicted molar refractivity (Wildman–Crippen MR) is 59.9 cm³/mol. The van der Waals surface area contributed by atoms with Crippen molar-refractivity contribution in [1.29, 1.82) is 0 Å². The van der Waals surface area contributed by atoms with Crippen LogP contribution in [0, 0.1) is 0 Å². The first-order chi connectivity index (χ1) is 7.75. The molecule has 1 aromatic carbocycles. The summed E-state index contributed by atoms with van der Waals surface area (Å²) in [6.45, 7) is 1.96. The second-order valence-corrected chi connectivity index (χ2v) is 3.95. The molecule has 0 aliphatic carbocycles. The van der Waals surface area contributed by atoms with Gasteiger partial charge in [0.25, 0.3) is 5.91 Å². The van der Waals surface area contributed by atoms with Gasteiger partial charge in [-0.15, -0.1) is 0 Å². The fourth-order valence-corrected chi connectivity index (χ4v) is 1.95. The maximum absolute atomic E-state index is 12.2. The summed E-state index contributed by atoms with van der Waals surface area (Å²) < 4.78 is 5.73. The lowest BCUT2D eigenvalue weighted by Crippen LogP contribution is -2.44. The van der Waals surface area contributed by atoms with Crippen molar-refractivity contribution in [2.24, 2.45) is 0 Å². The van der Waals surface area contributed by atoms with Crippen molar-refractivity contribution < 1.29 is 9.53 Å². The van der Waals surface area contributed by atoms with Gasteiger partial charge >= 0.3 is 0 Å². The van der Waals surface area contributed by atoms with Crippen LogP contribution in [-0.2, 0) is 0 Å². The van der Waals surface area contributed by atoms with Crippen LogP contribution in [0.5, 0.6) is 5.75 Å². The van der Waals surface area contributed by atoms with Crippen LogP contribution in [0.2, 0.25) is 0 Å². The molecule has 0 radical (unpaired) electrons. The van der Waals surface area contributed by atoms with E-state index in [4.69, 9.17) is 4.74 Å². The summed E-state index contributed by atoms with van der Waals surface area (Å²) in [5.41, 5.74) is 1.67. The van der Waals surface area contributed by atoms with Crippen molar-refractivity contribution in [3.8, 4) is 5.75 Å². The monoisotopic (exact) mass is 213 g/mol. The van der Waals surface area contributed by atoms with E-state index in [-0.39, 0.29) is 12.1 Å². The van der Waals surface area contributed by atoms with E-state index in [0.717, 1.165) is 5.57 Å². The highest BCUT2D eigenvalue weighted by Gasteiger charge is 2.32. The first kappa shape index (κ1) is 9.21. The van der Waals surface area contributed by atoms with E-state index in [1.165, 1.54) is 0 Å². The average molecular weight is 213 g/mol. The number of hydrogen-bond acceptors (Lipinski definition) is 2. The largest absolute Gasteiger partial charge is 0.466 e. The van der Waals surface area contributed by atoms with Gasteiger partial charge in [0.05, 0.1) is 5.56 Å². The van der Waals surface area contributed by atoms with Crippen LogP contribution < -0.4 is 4.74 Å². The van der Waals surface area contributed by atoms with Crippen molar-refractivity contribution in [3.63, 3.8) is 0 Å². The van der Waals surface area contributed by atoms with Crippen LogP contribution >= 0.6 is 0 Å². The molecule has 0 spiro atoms. The van der Waals surface area contributed by atoms with Gasteiger partial charge in [-0.1, -0.05) is 18.2 Å². The molecule has 1 amide bonds. The van der Waals surface area contributed by atoms with Crippen LogP contribution in [0.1, 0.15) is 17.3 Å². The molecule has 3 rings (SSSR count). The molecule has 80 valence electrons. The molecule has 0 saturated heterocycles. The van der Waals surface area contributed by atoms with Gasteiger partial charge in [0.2, 0.25) is 0 Å². The number of para-hydroxylation sites is 1. The van der Waals surface area contributed by atoms with Crippen LogP contribution in [0.25, 0.3) is 0 Å². The molecule has 0 saturated carbocycles. The van der Waals surface area contributed by atoms with Gasteiger partial charge in [-0.05, 0) is 30.7 Å². The van der Waals surface area contributed by atoms with Crippen LogP contribution in [0.3, 0.4) is 0 Å². The zero-order valence-electron chi connectivity index (χ0n) is 8.88. The number of rotatable bonds is 0. The molecule has 2 aliphatic heterocycles. The Morgan fingerprint density at radius 3 is 3.00 bits per heavy atom. The summed E-state index contributed by atoms with van der Waals surface area (Å²) >= 11 is 0. The number of fused-ring (bicyclic) bond motifs is 2. The molecule has 0 bridgehead atoms. The second kappa shape index (κ2) is 3.23. The number of carbonyl (C=O) groups is 1. The van der Waals surface area contributed by atoms with Gasteiger partial charge in [0.15, 0.2) is 6.23 Å². The van der Waals surface area contributed by atoms with Crippen molar-refractivity contribution >= 4 is 5.91 Å². The molecule has 3 nitrogen and oxygen atoms in total. The maximum Gasteiger partial charge on any atom is 0.264 e. The standard InChI is InChI=1S/C13H11NO2/c1-9-6-7-12-14(8-9)13(15)10-4-2-3-5-11(10)16-12/h2-8,12H,1H3. The minimum absolute atomic E-state index is 0.00412. The number of allylic oxidation sites excluding steroid dienone is 2. The SMILES string of the molecule is CC1=CN2C(=O)c3ccccc3OC2C=C1. The highest BCUT2D eigenvalue weighted by molar-refractivity contribution is 5.98. The number of nitrogens with zero attached hydrogens (tertiary/aromatic N) is 1. The molecule has 1 aromatic rings. The molecule has 1 atom stereocenters. The third kappa shape index (κ3) is 1.25. The van der Waals surface area contributed by atoms with Crippen LogP contribution in [-0.4, -0.2) is 17.0 Å². The minimum Gasteiger partial charge on any atom is -0.466 e. The van der Waals surface area contributed by atoms with E-state index in [9.17, 15) is 4.79 Å². The highest BCUT2D eigenvalue weighted by Crippen LogP contribution is 2.30. The van der Waals surface area contributed by atoms with Crippen molar-refractivity contribution in [2.75, 3.05) is 0 Å². The number of hydrogen-bond donors (Lipinski definition) is 0. The quantitative estimate of drug-likeness (QED) is 0.662. The molecule has 2 aliphatic rings. The summed E-state index contributed by atoms with van der Waals surface area (Å²) in [6, 6.07) is 7.32. The summed E-state index contributed by atoms with van der Waals surface area (Å²) in [6.07, 6.45) is 5.38. The minimum atomic E-state index is -0.300. The van der Waals surface area contributed by atoms with Crippen molar-refractivity contribution in [2.45, 2.75) is 13.2 Å². The molecule has 3 heteroatoms. The fourth-order valence-electron chi connectivity index (χ4n) is 1.95. The van der Waals surface area contributed by atoms with Gasteiger partial charge < -0.3 is 4.74 Å². The van der Waals surface area contributed by atoms with Gasteiger partial charge in [0.1, 0.15) is 5.75 Å². The van der Waals surface area contributed by atoms with E-state index < -0.39 is 0 Å². The van der Waals surface area contributed by atoms with Crippen molar-refractivity contribution in [3.05, 3.63) is 53.8 Å². The fraction of sp³-hybridized carbons (Fsp3) is 0.154. The van der Waals surface area contributed by atoms with E-state index >= 15 is 0 Å². The molecule has 0 aromatic heterocycles. The lowest BCUT2D eigenvalue weighted by Gasteiger charge is -2.34. The number of benzene rings is 1. The molecular weight excluding hydrogens is 202 g/mol. The Bertz CT molecular complexity index is 516. The van der Waals surface area contributed by atoms with E-state index in [2.05, 4.69) is 0 Å². The van der Waals surface area contributed by atoms with Gasteiger partial charge in [-0.25, -0.2) is 0 Å². The van der Waals surface area contributed by atoms with Gasteiger partial charge in [0, 0.05) is 6.20 Å². The molecule has 16 heavy (non-hydrogen) atoms. The number of ether oxygens (including phenoxy) is 1. The summed E-state index contributed by atoms with van der Waals surface area (Å²) in [4.78, 5) is 13.8. The van der Waals surface area contributed by atoms with E-state index in [1.807, 2.05) is 43.5 Å². The van der Waals surface area contributed by atoms with Gasteiger partial charge in [-0.3, -0.25) is 9.69 Å². The van der Waals surface area contributed by atoms with Gasteiger partial charge in [-0.2, -0.15) is 0 Å². The molecule has 2 heterocycles. The lowest BCUT2D eigenvalue weighted by molar-refractivity contribution is 0.0460. The Morgan fingerprint density at radius 1 is 1.31 bits per heavy atom. The Hall–Kier alpha value is -2.03. The summed E-state index contributed by atoms with van der Waals surface area (Å²) in [7, 11) is 0. The normalized spacial score (nSPS) is 22.1. The van der Waals surface area contributed by atoms with E-state index in [0.29, 0.717) is 11.3 Å². The lowest BCUT2D eigenvalue weighted by atomic mass is 10.1. The highest BCUT2D eigenvalue weighted by atomic mass is 16.5. The molecule has 0 fully saturated rings. The average Bonchev–Trinajstić information content (AvgIpc) is 2.31. The summed E-state index contributed by atoms with van der Waals surface area (Å²) in [5, 5.41) is 0. The molecule has 1 unspecified atom stereocenters. The maximum atomic E-state index is 12.2. The Balaban J connectivity index is 2.09. The Kier molecular flexibility index (Phi) is 1.86. The first-order valence-corrected chi connectivity index (χ1v) is 5.21. The summed E-state index contributed by atoms with van der Waals surface area (Å²) in [5.74, 6) is 0.655. The van der Waals surface area contributed by atoms with Crippen molar-refractivity contribution in [1.82, 2.24) is 4.90 Å². The number of amides is 1. The third-order valence-electron chi connectivity index (χ3n) is 2.74. The zero-order valence-corrected chi connectivity index (χ0v) is 8.88. The Morgan fingerprint density at radius 2 is 2.12 bits per heavy atom. The topological polar surface area (TPSA) is 29.5 Å². The Labute approximate surface area is 93.6 Å². The van der Waals surface area contributed by atoms with Crippen LogP contribution in [0.4, 0.5) is 0 Å². The smallest absolute Gasteiger partial charge is 0.264 e. The first-order valence-electron chi connectivity index (χ1n) is 5.21. The molecular formula is C13H11NO2. The zero-order chi connectivity index (χ0) is 11.1. The van der Waals surface area contributed by atoms with Crippen LogP contribution in [0.15, 0.2) is 48.2 Å². The third-order valence-corrected chi connectivity index (χ3v) is 2.74. The second-order valence-electron chi connectivity index (χ2n) is 3.95. The predicted octanol–water partition coefficient (Wildman–Crippen LogP) is 2.32.